The number of thioether (sulfide) groups is 1. The topological polar surface area (TPSA) is 40.6 Å². The van der Waals surface area contributed by atoms with Gasteiger partial charge in [-0.3, -0.25) is 9.59 Å². The standard InChI is InChI=1S/C18H22F2N2O2S/c1-25-11-17(24)21-4-2-18(3-5-21)9-16(23)22(12-18)10-13-6-14(19)8-15(20)7-13/h6-8H,2-5,9-12H2,1H3. The predicted octanol–water partition coefficient (Wildman–Crippen LogP) is 2.67. The van der Waals surface area contributed by atoms with Gasteiger partial charge in [-0.15, -0.1) is 0 Å². The number of halogens is 2. The Morgan fingerprint density at radius 2 is 1.84 bits per heavy atom. The first-order chi connectivity index (χ1) is 11.9. The van der Waals surface area contributed by atoms with Crippen LogP contribution in [0.5, 0.6) is 0 Å². The molecule has 0 N–H and O–H groups in total. The monoisotopic (exact) mass is 368 g/mol. The van der Waals surface area contributed by atoms with Crippen molar-refractivity contribution in [2.45, 2.75) is 25.8 Å². The first-order valence-electron chi connectivity index (χ1n) is 8.40. The molecule has 0 atom stereocenters. The van der Waals surface area contributed by atoms with E-state index >= 15 is 0 Å². The van der Waals surface area contributed by atoms with Crippen molar-refractivity contribution >= 4 is 23.6 Å². The van der Waals surface area contributed by atoms with Gasteiger partial charge >= 0.3 is 0 Å². The third-order valence-corrected chi connectivity index (χ3v) is 5.68. The van der Waals surface area contributed by atoms with Crippen LogP contribution in [-0.2, 0) is 16.1 Å². The van der Waals surface area contributed by atoms with Crippen LogP contribution in [-0.4, -0.2) is 53.3 Å². The van der Waals surface area contributed by atoms with Crippen LogP contribution in [0.3, 0.4) is 0 Å². The zero-order chi connectivity index (χ0) is 18.0. The molecule has 0 aliphatic carbocycles. The highest BCUT2D eigenvalue weighted by molar-refractivity contribution is 7.99. The number of hydrogen-bond acceptors (Lipinski definition) is 3. The van der Waals surface area contributed by atoms with Crippen molar-refractivity contribution < 1.29 is 18.4 Å². The molecule has 4 nitrogen and oxygen atoms in total. The van der Waals surface area contributed by atoms with Crippen LogP contribution in [0.4, 0.5) is 8.78 Å². The minimum absolute atomic E-state index is 0.0218. The molecule has 0 bridgehead atoms. The van der Waals surface area contributed by atoms with Gasteiger partial charge in [0.05, 0.1) is 5.75 Å². The fraction of sp³-hybridized carbons (Fsp3) is 0.556. The lowest BCUT2D eigenvalue weighted by Gasteiger charge is -2.38. The summed E-state index contributed by atoms with van der Waals surface area (Å²) in [6.07, 6.45) is 3.96. The molecule has 2 saturated heterocycles. The Morgan fingerprint density at radius 3 is 2.44 bits per heavy atom. The van der Waals surface area contributed by atoms with Gasteiger partial charge in [0.2, 0.25) is 11.8 Å². The molecule has 0 aromatic heterocycles. The maximum absolute atomic E-state index is 13.3. The lowest BCUT2D eigenvalue weighted by Crippen LogP contribution is -2.44. The van der Waals surface area contributed by atoms with Gasteiger partial charge in [-0.2, -0.15) is 11.8 Å². The maximum atomic E-state index is 13.3. The van der Waals surface area contributed by atoms with Crippen molar-refractivity contribution in [1.82, 2.24) is 9.80 Å². The van der Waals surface area contributed by atoms with E-state index in [1.807, 2.05) is 11.2 Å². The average molecular weight is 368 g/mol. The van der Waals surface area contributed by atoms with Crippen molar-refractivity contribution in [3.05, 3.63) is 35.4 Å². The van der Waals surface area contributed by atoms with Gasteiger partial charge in [-0.1, -0.05) is 0 Å². The molecule has 3 rings (SSSR count). The molecule has 1 aromatic rings. The van der Waals surface area contributed by atoms with Crippen LogP contribution in [0, 0.1) is 17.0 Å². The van der Waals surface area contributed by atoms with Crippen LogP contribution >= 0.6 is 11.8 Å². The SMILES string of the molecule is CSCC(=O)N1CCC2(CC1)CC(=O)N(Cc1cc(F)cc(F)c1)C2. The summed E-state index contributed by atoms with van der Waals surface area (Å²) in [5.41, 5.74) is 0.356. The molecular formula is C18H22F2N2O2S. The van der Waals surface area contributed by atoms with E-state index in [2.05, 4.69) is 0 Å². The highest BCUT2D eigenvalue weighted by Crippen LogP contribution is 2.41. The Morgan fingerprint density at radius 1 is 1.20 bits per heavy atom. The number of amides is 2. The molecule has 136 valence electrons. The second-order valence-corrected chi connectivity index (χ2v) is 7.88. The largest absolute Gasteiger partial charge is 0.342 e. The summed E-state index contributed by atoms with van der Waals surface area (Å²) >= 11 is 1.52. The predicted molar refractivity (Wildman–Crippen MR) is 93.0 cm³/mol. The number of piperidine rings is 1. The number of benzene rings is 1. The van der Waals surface area contributed by atoms with Gasteiger partial charge in [-0.25, -0.2) is 8.78 Å². The molecule has 0 saturated carbocycles. The molecule has 2 aliphatic heterocycles. The summed E-state index contributed by atoms with van der Waals surface area (Å²) in [6, 6.07) is 3.37. The molecule has 0 unspecified atom stereocenters. The molecule has 25 heavy (non-hydrogen) atoms. The molecule has 2 heterocycles. The minimum atomic E-state index is -0.628. The molecule has 2 amide bonds. The van der Waals surface area contributed by atoms with E-state index in [-0.39, 0.29) is 23.8 Å². The van der Waals surface area contributed by atoms with E-state index in [1.165, 1.54) is 23.9 Å². The van der Waals surface area contributed by atoms with Gasteiger partial charge in [0.15, 0.2) is 0 Å². The normalized spacial score (nSPS) is 19.7. The Labute approximate surface area is 150 Å². The molecule has 2 fully saturated rings. The fourth-order valence-electron chi connectivity index (χ4n) is 3.83. The Bertz CT molecular complexity index is 655. The van der Waals surface area contributed by atoms with Crippen LogP contribution in [0.1, 0.15) is 24.8 Å². The summed E-state index contributed by atoms with van der Waals surface area (Å²) < 4.78 is 26.7. The Hall–Kier alpha value is -1.63. The molecule has 1 aromatic carbocycles. The van der Waals surface area contributed by atoms with E-state index in [0.717, 1.165) is 18.9 Å². The number of likely N-dealkylation sites (tertiary alicyclic amines) is 2. The second-order valence-electron chi connectivity index (χ2n) is 7.02. The number of carbonyl (C=O) groups excluding carboxylic acids is 2. The quantitative estimate of drug-likeness (QED) is 0.820. The van der Waals surface area contributed by atoms with Crippen molar-refractivity contribution in [2.75, 3.05) is 31.6 Å². The smallest absolute Gasteiger partial charge is 0.232 e. The molecule has 1 spiro atoms. The van der Waals surface area contributed by atoms with Crippen molar-refractivity contribution in [2.24, 2.45) is 5.41 Å². The minimum Gasteiger partial charge on any atom is -0.342 e. The Balaban J connectivity index is 1.62. The summed E-state index contributed by atoms with van der Waals surface area (Å²) in [4.78, 5) is 27.9. The summed E-state index contributed by atoms with van der Waals surface area (Å²) in [5, 5.41) is 0. The van der Waals surface area contributed by atoms with Crippen LogP contribution in [0.25, 0.3) is 0 Å². The van der Waals surface area contributed by atoms with E-state index in [0.29, 0.717) is 37.4 Å². The van der Waals surface area contributed by atoms with Crippen molar-refractivity contribution in [3.63, 3.8) is 0 Å². The van der Waals surface area contributed by atoms with E-state index in [4.69, 9.17) is 0 Å². The number of rotatable bonds is 4. The van der Waals surface area contributed by atoms with Gasteiger partial charge in [0.25, 0.3) is 0 Å². The van der Waals surface area contributed by atoms with Crippen LogP contribution in [0.15, 0.2) is 18.2 Å². The molecule has 2 aliphatic rings. The average Bonchev–Trinajstić information content (AvgIpc) is 2.82. The lowest BCUT2D eigenvalue weighted by atomic mass is 9.77. The van der Waals surface area contributed by atoms with Gasteiger partial charge in [-0.05, 0) is 36.8 Å². The number of hydrogen-bond donors (Lipinski definition) is 0. The second kappa shape index (κ2) is 7.32. The van der Waals surface area contributed by atoms with Crippen molar-refractivity contribution in [3.8, 4) is 0 Å². The van der Waals surface area contributed by atoms with Gasteiger partial charge < -0.3 is 9.80 Å². The molecular weight excluding hydrogens is 346 g/mol. The number of carbonyl (C=O) groups is 2. The first-order valence-corrected chi connectivity index (χ1v) is 9.80. The third kappa shape index (κ3) is 4.14. The summed E-state index contributed by atoms with van der Waals surface area (Å²) in [7, 11) is 0. The highest BCUT2D eigenvalue weighted by Gasteiger charge is 2.45. The summed E-state index contributed by atoms with van der Waals surface area (Å²) in [5.74, 6) is -0.593. The van der Waals surface area contributed by atoms with E-state index < -0.39 is 11.6 Å². The van der Waals surface area contributed by atoms with Crippen LogP contribution < -0.4 is 0 Å². The maximum Gasteiger partial charge on any atom is 0.232 e. The lowest BCUT2D eigenvalue weighted by molar-refractivity contribution is -0.130. The van der Waals surface area contributed by atoms with E-state index in [1.54, 1.807) is 4.90 Å². The van der Waals surface area contributed by atoms with Gasteiger partial charge in [0, 0.05) is 44.1 Å². The van der Waals surface area contributed by atoms with Crippen molar-refractivity contribution in [1.29, 1.82) is 0 Å². The zero-order valence-electron chi connectivity index (χ0n) is 14.3. The van der Waals surface area contributed by atoms with E-state index in [9.17, 15) is 18.4 Å². The molecule has 0 radical (unpaired) electrons. The Kier molecular flexibility index (Phi) is 5.32. The van der Waals surface area contributed by atoms with Gasteiger partial charge in [0.1, 0.15) is 11.6 Å². The number of nitrogens with zero attached hydrogens (tertiary/aromatic N) is 2. The summed E-state index contributed by atoms with van der Waals surface area (Å²) in [6.45, 7) is 2.17. The first kappa shape index (κ1) is 18.2. The van der Waals surface area contributed by atoms with Crippen LogP contribution in [0.2, 0.25) is 0 Å². The zero-order valence-corrected chi connectivity index (χ0v) is 15.1. The highest BCUT2D eigenvalue weighted by atomic mass is 32.2. The third-order valence-electron chi connectivity index (χ3n) is 5.15. The fourth-order valence-corrected chi connectivity index (χ4v) is 4.26. The molecule has 7 heteroatoms.